The summed E-state index contributed by atoms with van der Waals surface area (Å²) < 4.78 is 22.5. The maximum absolute atomic E-state index is 11.7. The Bertz CT molecular complexity index is 212. The van der Waals surface area contributed by atoms with Crippen molar-refractivity contribution in [2.45, 2.75) is 104 Å². The van der Waals surface area contributed by atoms with E-state index in [1.807, 2.05) is 13.8 Å². The number of rotatable bonds is 14. The minimum atomic E-state index is -1.59. The van der Waals surface area contributed by atoms with Crippen LogP contribution < -0.4 is 0 Å². The molecule has 2 atom stereocenters. The molecule has 2 unspecified atom stereocenters. The third-order valence-corrected chi connectivity index (χ3v) is 4.39. The Morgan fingerprint density at radius 1 is 0.750 bits per heavy atom. The molecule has 0 aliphatic heterocycles. The van der Waals surface area contributed by atoms with Crippen molar-refractivity contribution in [1.29, 1.82) is 0 Å². The Morgan fingerprint density at radius 2 is 1.15 bits per heavy atom. The van der Waals surface area contributed by atoms with Crippen molar-refractivity contribution in [3.8, 4) is 0 Å². The van der Waals surface area contributed by atoms with E-state index in [2.05, 4.69) is 13.8 Å². The van der Waals surface area contributed by atoms with E-state index in [1.54, 1.807) is 0 Å². The summed E-state index contributed by atoms with van der Waals surface area (Å²) in [6.07, 6.45) is 11.7. The van der Waals surface area contributed by atoms with Crippen LogP contribution in [0.2, 0.25) is 0 Å². The minimum absolute atomic E-state index is 0.0139. The molecule has 0 radical (unpaired) electrons. The zero-order valence-corrected chi connectivity index (χ0v) is 14.7. The molecule has 3 nitrogen and oxygen atoms in total. The highest BCUT2D eigenvalue weighted by atomic mass is 32.2. The Labute approximate surface area is 128 Å². The van der Waals surface area contributed by atoms with Crippen molar-refractivity contribution in [1.82, 2.24) is 0 Å². The molecule has 0 spiro atoms. The minimum Gasteiger partial charge on any atom is -0.265 e. The van der Waals surface area contributed by atoms with Crippen molar-refractivity contribution in [3.05, 3.63) is 0 Å². The molecular formula is C16H34O3S. The van der Waals surface area contributed by atoms with E-state index in [-0.39, 0.29) is 12.2 Å². The molecule has 122 valence electrons. The van der Waals surface area contributed by atoms with Crippen LogP contribution in [0.3, 0.4) is 0 Å². The van der Waals surface area contributed by atoms with E-state index in [9.17, 15) is 4.21 Å². The van der Waals surface area contributed by atoms with Gasteiger partial charge in [0, 0.05) is 0 Å². The van der Waals surface area contributed by atoms with Crippen LogP contribution in [0.15, 0.2) is 0 Å². The van der Waals surface area contributed by atoms with Crippen LogP contribution in [0.1, 0.15) is 91.9 Å². The largest absolute Gasteiger partial charge is 0.305 e. The molecular weight excluding hydrogens is 272 g/mol. The molecule has 0 rings (SSSR count). The topological polar surface area (TPSA) is 35.5 Å². The van der Waals surface area contributed by atoms with Gasteiger partial charge in [-0.15, -0.1) is 0 Å². The number of unbranched alkanes of at least 4 members (excludes halogenated alkanes) is 6. The van der Waals surface area contributed by atoms with Gasteiger partial charge in [0.1, 0.15) is 0 Å². The fourth-order valence-electron chi connectivity index (χ4n) is 2.10. The summed E-state index contributed by atoms with van der Waals surface area (Å²) in [6.45, 7) is 8.34. The second-order valence-corrected chi connectivity index (χ2v) is 6.51. The van der Waals surface area contributed by atoms with Gasteiger partial charge < -0.3 is 0 Å². The van der Waals surface area contributed by atoms with Crippen molar-refractivity contribution in [2.24, 2.45) is 0 Å². The summed E-state index contributed by atoms with van der Waals surface area (Å²) >= 11 is -1.59. The summed E-state index contributed by atoms with van der Waals surface area (Å²) in [7, 11) is 0. The van der Waals surface area contributed by atoms with Crippen LogP contribution in [0.5, 0.6) is 0 Å². The van der Waals surface area contributed by atoms with Gasteiger partial charge in [-0.05, 0) is 26.7 Å². The fraction of sp³-hybridized carbons (Fsp3) is 1.00. The molecule has 0 N–H and O–H groups in total. The molecule has 4 heteroatoms. The number of hydrogen-bond acceptors (Lipinski definition) is 3. The maximum Gasteiger partial charge on any atom is 0.305 e. The Kier molecular flexibility index (Phi) is 14.1. The monoisotopic (exact) mass is 306 g/mol. The highest BCUT2D eigenvalue weighted by Gasteiger charge is 2.12. The predicted molar refractivity (Wildman–Crippen MR) is 86.8 cm³/mol. The Balaban J connectivity index is 3.59. The lowest BCUT2D eigenvalue weighted by Crippen LogP contribution is -2.17. The van der Waals surface area contributed by atoms with Crippen LogP contribution in [0.4, 0.5) is 0 Å². The van der Waals surface area contributed by atoms with Gasteiger partial charge in [-0.1, -0.05) is 65.2 Å². The average molecular weight is 307 g/mol. The quantitative estimate of drug-likeness (QED) is 0.408. The summed E-state index contributed by atoms with van der Waals surface area (Å²) in [5.74, 6) is 0. The first-order valence-corrected chi connectivity index (χ1v) is 9.36. The smallest absolute Gasteiger partial charge is 0.265 e. The van der Waals surface area contributed by atoms with E-state index >= 15 is 0 Å². The molecule has 0 aliphatic rings. The molecule has 0 saturated heterocycles. The van der Waals surface area contributed by atoms with Gasteiger partial charge in [0.25, 0.3) is 0 Å². The molecule has 0 bridgehead atoms. The molecule has 0 saturated carbocycles. The van der Waals surface area contributed by atoms with Gasteiger partial charge in [0.05, 0.1) is 12.2 Å². The summed E-state index contributed by atoms with van der Waals surface area (Å²) in [5, 5.41) is 0. The molecule has 0 aliphatic carbocycles. The van der Waals surface area contributed by atoms with Gasteiger partial charge in [-0.2, -0.15) is 4.21 Å². The number of hydrogen-bond donors (Lipinski definition) is 0. The standard InChI is InChI=1S/C16H34O3S/c1-5-7-9-11-13-15(3)18-20(17)19-16(4)14-12-10-8-6-2/h15-16H,5-14H2,1-4H3. The normalized spacial score (nSPS) is 16.0. The van der Waals surface area contributed by atoms with E-state index in [1.165, 1.54) is 38.5 Å². The first-order chi connectivity index (χ1) is 9.60. The van der Waals surface area contributed by atoms with Gasteiger partial charge in [-0.25, -0.2) is 0 Å². The lowest BCUT2D eigenvalue weighted by Gasteiger charge is -2.14. The van der Waals surface area contributed by atoms with Gasteiger partial charge in [0.2, 0.25) is 0 Å². The van der Waals surface area contributed by atoms with E-state index in [4.69, 9.17) is 8.37 Å². The average Bonchev–Trinajstić information content (AvgIpc) is 2.39. The third kappa shape index (κ3) is 13.1. The van der Waals surface area contributed by atoms with Gasteiger partial charge in [0.15, 0.2) is 0 Å². The van der Waals surface area contributed by atoms with E-state index in [0.29, 0.717) is 0 Å². The van der Waals surface area contributed by atoms with Gasteiger partial charge in [-0.3, -0.25) is 8.37 Å². The molecule has 0 fully saturated rings. The first-order valence-electron chi connectivity index (χ1n) is 8.36. The van der Waals surface area contributed by atoms with E-state index < -0.39 is 11.4 Å². The summed E-state index contributed by atoms with van der Waals surface area (Å²) in [5.41, 5.74) is 0. The van der Waals surface area contributed by atoms with Crippen LogP contribution in [0, 0.1) is 0 Å². The third-order valence-electron chi connectivity index (χ3n) is 3.41. The lowest BCUT2D eigenvalue weighted by atomic mass is 10.1. The highest BCUT2D eigenvalue weighted by Crippen LogP contribution is 2.13. The van der Waals surface area contributed by atoms with Gasteiger partial charge >= 0.3 is 11.4 Å². The van der Waals surface area contributed by atoms with Crippen LogP contribution in [0.25, 0.3) is 0 Å². The molecule has 20 heavy (non-hydrogen) atoms. The van der Waals surface area contributed by atoms with Crippen LogP contribution >= 0.6 is 0 Å². The van der Waals surface area contributed by atoms with Crippen molar-refractivity contribution in [3.63, 3.8) is 0 Å². The second kappa shape index (κ2) is 14.0. The lowest BCUT2D eigenvalue weighted by molar-refractivity contribution is 0.151. The van der Waals surface area contributed by atoms with Crippen LogP contribution in [-0.2, 0) is 19.7 Å². The Hall–Kier alpha value is 0.0700. The van der Waals surface area contributed by atoms with Crippen molar-refractivity contribution < 1.29 is 12.6 Å². The summed E-state index contributed by atoms with van der Waals surface area (Å²) in [4.78, 5) is 0. The Morgan fingerprint density at radius 3 is 1.50 bits per heavy atom. The highest BCUT2D eigenvalue weighted by molar-refractivity contribution is 7.75. The van der Waals surface area contributed by atoms with Crippen LogP contribution in [-0.4, -0.2) is 16.4 Å². The fourth-order valence-corrected chi connectivity index (χ4v) is 2.88. The maximum atomic E-state index is 11.7. The molecule has 0 heterocycles. The zero-order chi connectivity index (χ0) is 15.2. The SMILES string of the molecule is CCCCCCC(C)OS(=O)OC(C)CCCCCC. The zero-order valence-electron chi connectivity index (χ0n) is 13.9. The first kappa shape index (κ1) is 20.1. The second-order valence-electron chi connectivity index (χ2n) is 5.72. The molecule has 0 aromatic carbocycles. The van der Waals surface area contributed by atoms with E-state index in [0.717, 1.165) is 25.7 Å². The summed E-state index contributed by atoms with van der Waals surface area (Å²) in [6, 6.07) is 0. The predicted octanol–water partition coefficient (Wildman–Crippen LogP) is 5.32. The molecule has 0 aromatic heterocycles. The van der Waals surface area contributed by atoms with Crippen molar-refractivity contribution >= 4 is 11.4 Å². The molecule has 0 amide bonds. The van der Waals surface area contributed by atoms with Crippen molar-refractivity contribution in [2.75, 3.05) is 0 Å². The molecule has 0 aromatic rings.